The van der Waals surface area contributed by atoms with E-state index in [0.29, 0.717) is 21.2 Å². The maximum Gasteiger partial charge on any atom is 0.216 e. The summed E-state index contributed by atoms with van der Waals surface area (Å²) >= 11 is 10.2. The molecule has 0 bridgehead atoms. The Bertz CT molecular complexity index is 933. The largest absolute Gasteiger partial charge is 0.250 e. The lowest BCUT2D eigenvalue weighted by Gasteiger charge is -1.97. The molecule has 8 nitrogen and oxygen atoms in total. The van der Waals surface area contributed by atoms with Gasteiger partial charge in [-0.25, -0.2) is 0 Å². The van der Waals surface area contributed by atoms with Crippen molar-refractivity contribution in [3.05, 3.63) is 56.6 Å². The van der Waals surface area contributed by atoms with Crippen LogP contribution in [0.4, 0.5) is 0 Å². The summed E-state index contributed by atoms with van der Waals surface area (Å²) in [5, 5.41) is 22.0. The topological polar surface area (TPSA) is 91.9 Å². The minimum absolute atomic E-state index is 0.458. The number of hydrogen-bond acceptors (Lipinski definition) is 6. The average molecular weight is 358 g/mol. The van der Waals surface area contributed by atoms with Crippen LogP contribution in [0.15, 0.2) is 34.5 Å². The van der Waals surface area contributed by atoms with Crippen molar-refractivity contribution in [1.82, 2.24) is 29.7 Å². The third-order valence-corrected chi connectivity index (χ3v) is 3.73. The summed E-state index contributed by atoms with van der Waals surface area (Å²) in [6.45, 7) is 3.65. The Morgan fingerprint density at radius 3 is 1.50 bits per heavy atom. The summed E-state index contributed by atoms with van der Waals surface area (Å²) in [7, 11) is 0. The number of aryl methyl sites for hydroxylation is 2. The number of nitrogens with one attached hydrogen (secondary N) is 2. The zero-order valence-corrected chi connectivity index (χ0v) is 14.6. The van der Waals surface area contributed by atoms with Gasteiger partial charge in [0, 0.05) is 0 Å². The molecule has 1 aromatic carbocycles. The number of benzene rings is 1. The molecule has 3 aromatic rings. The van der Waals surface area contributed by atoms with Gasteiger partial charge in [-0.2, -0.15) is 29.8 Å². The van der Waals surface area contributed by atoms with Crippen LogP contribution in [0.3, 0.4) is 0 Å². The molecule has 0 saturated carbocycles. The fourth-order valence-corrected chi connectivity index (χ4v) is 2.38. The van der Waals surface area contributed by atoms with Gasteiger partial charge in [0.15, 0.2) is 0 Å². The predicted octanol–water partition coefficient (Wildman–Crippen LogP) is 2.58. The van der Waals surface area contributed by atoms with Crippen molar-refractivity contribution in [2.75, 3.05) is 0 Å². The summed E-state index contributed by atoms with van der Waals surface area (Å²) < 4.78 is 4.04. The molecule has 0 fully saturated rings. The SMILES string of the molecule is Cc1n[nH]c(=S)n1/N=C/c1ccc(/C=N/n2c(C)n[nH]c2=S)cc1. The van der Waals surface area contributed by atoms with Crippen LogP contribution in [-0.2, 0) is 0 Å². The molecule has 0 unspecified atom stereocenters. The molecular weight excluding hydrogens is 344 g/mol. The van der Waals surface area contributed by atoms with Crippen molar-refractivity contribution in [3.63, 3.8) is 0 Å². The first-order valence-corrected chi connectivity index (χ1v) is 7.83. The number of rotatable bonds is 4. The van der Waals surface area contributed by atoms with Gasteiger partial charge in [0.25, 0.3) is 0 Å². The molecule has 0 amide bonds. The first-order chi connectivity index (χ1) is 11.5. The molecule has 2 N–H and O–H groups in total. The van der Waals surface area contributed by atoms with E-state index in [0.717, 1.165) is 11.1 Å². The number of aromatic nitrogens is 6. The van der Waals surface area contributed by atoms with Crippen LogP contribution in [0.25, 0.3) is 0 Å². The second kappa shape index (κ2) is 6.81. The van der Waals surface area contributed by atoms with E-state index in [1.807, 2.05) is 38.1 Å². The Labute approximate surface area is 147 Å². The molecule has 24 heavy (non-hydrogen) atoms. The smallest absolute Gasteiger partial charge is 0.216 e. The molecule has 0 spiro atoms. The second-order valence-electron chi connectivity index (χ2n) is 4.93. The lowest BCUT2D eigenvalue weighted by molar-refractivity contribution is 0.820. The standard InChI is InChI=1S/C14H14N8S2/c1-9-17-19-13(23)21(9)15-7-11-3-5-12(6-4-11)8-16-22-10(2)18-20-14(22)24/h3-8H,1-2H3,(H,19,23)(H,20,24)/b15-7+,16-8+. The predicted molar refractivity (Wildman–Crippen MR) is 96.7 cm³/mol. The highest BCUT2D eigenvalue weighted by Gasteiger charge is 1.98. The third kappa shape index (κ3) is 3.44. The van der Waals surface area contributed by atoms with Gasteiger partial charge in [0.05, 0.1) is 12.4 Å². The fraction of sp³-hybridized carbons (Fsp3) is 0.143. The molecule has 0 aliphatic carbocycles. The number of nitrogens with zero attached hydrogens (tertiary/aromatic N) is 6. The molecule has 3 rings (SSSR count). The number of aromatic amines is 2. The van der Waals surface area contributed by atoms with Gasteiger partial charge < -0.3 is 0 Å². The van der Waals surface area contributed by atoms with Crippen LogP contribution >= 0.6 is 24.4 Å². The number of hydrogen-bond donors (Lipinski definition) is 2. The zero-order chi connectivity index (χ0) is 17.1. The fourth-order valence-electron chi connectivity index (χ4n) is 1.93. The second-order valence-corrected chi connectivity index (χ2v) is 5.70. The number of H-pyrrole nitrogens is 2. The van der Waals surface area contributed by atoms with Crippen molar-refractivity contribution in [2.24, 2.45) is 10.2 Å². The normalized spacial score (nSPS) is 11.8. The summed E-state index contributed by atoms with van der Waals surface area (Å²) in [5.74, 6) is 1.40. The van der Waals surface area contributed by atoms with Crippen molar-refractivity contribution in [3.8, 4) is 0 Å². The molecule has 0 atom stereocenters. The Kier molecular flexibility index (Phi) is 4.58. The lowest BCUT2D eigenvalue weighted by Crippen LogP contribution is -1.95. The van der Waals surface area contributed by atoms with Crippen molar-refractivity contribution in [1.29, 1.82) is 0 Å². The average Bonchev–Trinajstić information content (AvgIpc) is 3.07. The molecule has 122 valence electrons. The van der Waals surface area contributed by atoms with Crippen molar-refractivity contribution < 1.29 is 0 Å². The van der Waals surface area contributed by atoms with E-state index in [2.05, 4.69) is 30.6 Å². The quantitative estimate of drug-likeness (QED) is 0.554. The molecule has 0 saturated heterocycles. The highest BCUT2D eigenvalue weighted by atomic mass is 32.1. The van der Waals surface area contributed by atoms with Gasteiger partial charge >= 0.3 is 0 Å². The summed E-state index contributed by atoms with van der Waals surface area (Å²) in [4.78, 5) is 0. The van der Waals surface area contributed by atoms with Crippen molar-refractivity contribution >= 4 is 36.9 Å². The van der Waals surface area contributed by atoms with E-state index in [1.54, 1.807) is 21.8 Å². The van der Waals surface area contributed by atoms with E-state index in [9.17, 15) is 0 Å². The van der Waals surface area contributed by atoms with E-state index in [1.165, 1.54) is 0 Å². The van der Waals surface area contributed by atoms with Crippen LogP contribution in [-0.4, -0.2) is 42.2 Å². The molecule has 10 heteroatoms. The minimum Gasteiger partial charge on any atom is -0.250 e. The summed E-state index contributed by atoms with van der Waals surface area (Å²) in [5.41, 5.74) is 1.87. The minimum atomic E-state index is 0.458. The summed E-state index contributed by atoms with van der Waals surface area (Å²) in [6, 6.07) is 7.74. The van der Waals surface area contributed by atoms with Crippen LogP contribution < -0.4 is 0 Å². The van der Waals surface area contributed by atoms with Gasteiger partial charge in [-0.3, -0.25) is 10.2 Å². The molecule has 0 radical (unpaired) electrons. The monoisotopic (exact) mass is 358 g/mol. The first kappa shape index (κ1) is 16.1. The molecule has 0 aliphatic rings. The molecule has 0 aliphatic heterocycles. The van der Waals surface area contributed by atoms with Gasteiger partial charge in [-0.15, -0.1) is 0 Å². The van der Waals surface area contributed by atoms with Crippen LogP contribution in [0.5, 0.6) is 0 Å². The third-order valence-electron chi connectivity index (χ3n) is 3.21. The van der Waals surface area contributed by atoms with Crippen molar-refractivity contribution in [2.45, 2.75) is 13.8 Å². The van der Waals surface area contributed by atoms with Gasteiger partial charge in [0.1, 0.15) is 11.6 Å². The highest BCUT2D eigenvalue weighted by Crippen LogP contribution is 2.03. The van der Waals surface area contributed by atoms with Crippen LogP contribution in [0.1, 0.15) is 22.8 Å². The zero-order valence-electron chi connectivity index (χ0n) is 13.0. The molecule has 2 aromatic heterocycles. The molecule has 2 heterocycles. The van der Waals surface area contributed by atoms with Gasteiger partial charge in [0.2, 0.25) is 9.54 Å². The first-order valence-electron chi connectivity index (χ1n) is 7.01. The van der Waals surface area contributed by atoms with Gasteiger partial charge in [-0.05, 0) is 49.4 Å². The molecular formula is C14H14N8S2. The van der Waals surface area contributed by atoms with E-state index >= 15 is 0 Å². The maximum absolute atomic E-state index is 5.10. The van der Waals surface area contributed by atoms with E-state index in [4.69, 9.17) is 24.4 Å². The van der Waals surface area contributed by atoms with Crippen LogP contribution in [0.2, 0.25) is 0 Å². The lowest BCUT2D eigenvalue weighted by atomic mass is 10.2. The maximum atomic E-state index is 5.10. The van der Waals surface area contributed by atoms with E-state index in [-0.39, 0.29) is 0 Å². The summed E-state index contributed by atoms with van der Waals surface area (Å²) in [6.07, 6.45) is 3.44. The van der Waals surface area contributed by atoms with Gasteiger partial charge in [-0.1, -0.05) is 24.3 Å². The van der Waals surface area contributed by atoms with E-state index < -0.39 is 0 Å². The Morgan fingerprint density at radius 2 is 1.21 bits per heavy atom. The van der Waals surface area contributed by atoms with Crippen LogP contribution in [0, 0.1) is 23.4 Å². The Morgan fingerprint density at radius 1 is 0.833 bits per heavy atom. The highest BCUT2D eigenvalue weighted by molar-refractivity contribution is 7.71. The Hall–Kier alpha value is -2.72. The Balaban J connectivity index is 1.76.